The quantitative estimate of drug-likeness (QED) is 0.804. The Hall–Kier alpha value is -2.28. The lowest BCUT2D eigenvalue weighted by Crippen LogP contribution is -2.50. The Morgan fingerprint density at radius 2 is 2.04 bits per heavy atom. The molecule has 23 heavy (non-hydrogen) atoms. The van der Waals surface area contributed by atoms with Crippen molar-refractivity contribution in [1.82, 2.24) is 15.1 Å². The lowest BCUT2D eigenvalue weighted by molar-refractivity contribution is -0.133. The maximum atomic E-state index is 12.3. The van der Waals surface area contributed by atoms with Crippen LogP contribution >= 0.6 is 0 Å². The molecule has 1 aliphatic rings. The summed E-state index contributed by atoms with van der Waals surface area (Å²) in [6.07, 6.45) is 0. The van der Waals surface area contributed by atoms with Gasteiger partial charge in [0, 0.05) is 26.7 Å². The lowest BCUT2D eigenvalue weighted by Gasteiger charge is -2.28. The summed E-state index contributed by atoms with van der Waals surface area (Å²) in [4.78, 5) is 27.1. The molecule has 126 valence electrons. The molecule has 0 saturated carbocycles. The number of nitrogens with one attached hydrogen (secondary N) is 1. The van der Waals surface area contributed by atoms with Gasteiger partial charge in [-0.15, -0.1) is 0 Å². The van der Waals surface area contributed by atoms with Gasteiger partial charge in [-0.25, -0.2) is 0 Å². The van der Waals surface area contributed by atoms with E-state index in [2.05, 4.69) is 5.32 Å². The van der Waals surface area contributed by atoms with Gasteiger partial charge in [-0.05, 0) is 17.7 Å². The molecule has 1 heterocycles. The highest BCUT2D eigenvalue weighted by Gasteiger charge is 2.20. The van der Waals surface area contributed by atoms with Crippen LogP contribution in [0.2, 0.25) is 0 Å². The zero-order chi connectivity index (χ0) is 16.8. The molecule has 1 fully saturated rings. The number of rotatable bonds is 6. The van der Waals surface area contributed by atoms with E-state index in [1.807, 2.05) is 23.1 Å². The number of carbonyl (C=O) groups excluding carboxylic acids is 2. The first-order valence-electron chi connectivity index (χ1n) is 7.47. The minimum Gasteiger partial charge on any atom is -0.493 e. The van der Waals surface area contributed by atoms with Gasteiger partial charge in [-0.3, -0.25) is 14.5 Å². The third-order valence-corrected chi connectivity index (χ3v) is 3.77. The van der Waals surface area contributed by atoms with Crippen molar-refractivity contribution < 1.29 is 19.1 Å². The van der Waals surface area contributed by atoms with Gasteiger partial charge in [0.25, 0.3) is 0 Å². The van der Waals surface area contributed by atoms with Crippen molar-refractivity contribution in [1.29, 1.82) is 0 Å². The summed E-state index contributed by atoms with van der Waals surface area (Å²) in [5, 5.41) is 2.75. The van der Waals surface area contributed by atoms with E-state index in [1.54, 1.807) is 26.2 Å². The third kappa shape index (κ3) is 4.59. The fourth-order valence-electron chi connectivity index (χ4n) is 2.48. The summed E-state index contributed by atoms with van der Waals surface area (Å²) in [5.41, 5.74) is 0.954. The van der Waals surface area contributed by atoms with E-state index in [0.717, 1.165) is 5.56 Å². The lowest BCUT2D eigenvalue weighted by atomic mass is 10.2. The predicted molar refractivity (Wildman–Crippen MR) is 85.5 cm³/mol. The molecule has 0 atom stereocenters. The second-order valence-electron chi connectivity index (χ2n) is 5.50. The van der Waals surface area contributed by atoms with E-state index in [9.17, 15) is 9.59 Å². The van der Waals surface area contributed by atoms with Crippen molar-refractivity contribution in [2.45, 2.75) is 6.54 Å². The second-order valence-corrected chi connectivity index (χ2v) is 5.50. The number of benzene rings is 1. The summed E-state index contributed by atoms with van der Waals surface area (Å²) in [6, 6.07) is 5.58. The van der Waals surface area contributed by atoms with Crippen LogP contribution in [0.1, 0.15) is 5.56 Å². The molecule has 0 radical (unpaired) electrons. The molecule has 2 amide bonds. The molecule has 1 aliphatic heterocycles. The molecule has 7 heteroatoms. The number of carbonyl (C=O) groups is 2. The van der Waals surface area contributed by atoms with Crippen LogP contribution in [-0.4, -0.2) is 69.1 Å². The van der Waals surface area contributed by atoms with Crippen LogP contribution in [-0.2, 0) is 16.1 Å². The van der Waals surface area contributed by atoms with E-state index in [0.29, 0.717) is 31.1 Å². The Morgan fingerprint density at radius 1 is 1.30 bits per heavy atom. The van der Waals surface area contributed by atoms with Crippen molar-refractivity contribution in [2.24, 2.45) is 0 Å². The molecule has 7 nitrogen and oxygen atoms in total. The minimum atomic E-state index is -0.0356. The zero-order valence-corrected chi connectivity index (χ0v) is 13.8. The highest BCUT2D eigenvalue weighted by Crippen LogP contribution is 2.27. The molecular weight excluding hydrogens is 298 g/mol. The smallest absolute Gasteiger partial charge is 0.236 e. The molecule has 0 aromatic heterocycles. The maximum Gasteiger partial charge on any atom is 0.236 e. The van der Waals surface area contributed by atoms with Gasteiger partial charge in [0.1, 0.15) is 0 Å². The van der Waals surface area contributed by atoms with Gasteiger partial charge in [0.2, 0.25) is 11.8 Å². The maximum absolute atomic E-state index is 12.3. The first-order valence-corrected chi connectivity index (χ1v) is 7.47. The van der Waals surface area contributed by atoms with Crippen LogP contribution in [0.5, 0.6) is 11.5 Å². The van der Waals surface area contributed by atoms with Crippen molar-refractivity contribution in [3.63, 3.8) is 0 Å². The van der Waals surface area contributed by atoms with Crippen LogP contribution in [0.15, 0.2) is 18.2 Å². The first kappa shape index (κ1) is 17.1. The average Bonchev–Trinajstić information content (AvgIpc) is 2.54. The van der Waals surface area contributed by atoms with E-state index < -0.39 is 0 Å². The van der Waals surface area contributed by atoms with E-state index >= 15 is 0 Å². The van der Waals surface area contributed by atoms with Gasteiger partial charge in [0.15, 0.2) is 11.5 Å². The van der Waals surface area contributed by atoms with Crippen LogP contribution in [0.4, 0.5) is 0 Å². The van der Waals surface area contributed by atoms with Crippen LogP contribution < -0.4 is 14.8 Å². The Labute approximate surface area is 136 Å². The standard InChI is InChI=1S/C16H23N3O4/c1-18(16(21)11-19-7-6-17-15(20)10-19)9-12-4-5-13(22-2)14(8-12)23-3/h4-5,8H,6-7,9-11H2,1-3H3,(H,17,20). The predicted octanol–water partition coefficient (Wildman–Crippen LogP) is 0.0940. The average molecular weight is 321 g/mol. The number of amides is 2. The molecule has 0 aliphatic carbocycles. The molecule has 1 N–H and O–H groups in total. The van der Waals surface area contributed by atoms with Gasteiger partial charge in [0.05, 0.1) is 27.3 Å². The van der Waals surface area contributed by atoms with Crippen LogP contribution in [0, 0.1) is 0 Å². The van der Waals surface area contributed by atoms with Gasteiger partial charge in [-0.1, -0.05) is 6.07 Å². The fourth-order valence-corrected chi connectivity index (χ4v) is 2.48. The number of methoxy groups -OCH3 is 2. The van der Waals surface area contributed by atoms with Crippen molar-refractivity contribution >= 4 is 11.8 Å². The number of likely N-dealkylation sites (N-methyl/N-ethyl adjacent to an activating group) is 1. The molecule has 1 aromatic rings. The molecule has 0 bridgehead atoms. The third-order valence-electron chi connectivity index (χ3n) is 3.77. The molecule has 1 aromatic carbocycles. The van der Waals surface area contributed by atoms with Crippen molar-refractivity contribution in [2.75, 3.05) is 47.4 Å². The summed E-state index contributed by atoms with van der Waals surface area (Å²) < 4.78 is 10.5. The summed E-state index contributed by atoms with van der Waals surface area (Å²) in [6.45, 7) is 2.28. The Kier molecular flexibility index (Phi) is 5.81. The summed E-state index contributed by atoms with van der Waals surface area (Å²) in [7, 11) is 4.92. The Morgan fingerprint density at radius 3 is 2.70 bits per heavy atom. The molecular formula is C16H23N3O4. The number of nitrogens with zero attached hydrogens (tertiary/aromatic N) is 2. The summed E-state index contributed by atoms with van der Waals surface area (Å²) >= 11 is 0. The first-order chi connectivity index (χ1) is 11.0. The van der Waals surface area contributed by atoms with Gasteiger partial charge < -0.3 is 19.7 Å². The van der Waals surface area contributed by atoms with Crippen LogP contribution in [0.25, 0.3) is 0 Å². The van der Waals surface area contributed by atoms with Crippen LogP contribution in [0.3, 0.4) is 0 Å². The van der Waals surface area contributed by atoms with E-state index in [4.69, 9.17) is 9.47 Å². The SMILES string of the molecule is COc1ccc(CN(C)C(=O)CN2CCNC(=O)C2)cc1OC. The second kappa shape index (κ2) is 7.82. The molecule has 2 rings (SSSR count). The number of hydrogen-bond acceptors (Lipinski definition) is 5. The molecule has 0 unspecified atom stereocenters. The fraction of sp³-hybridized carbons (Fsp3) is 0.500. The number of ether oxygens (including phenoxy) is 2. The molecule has 1 saturated heterocycles. The van der Waals surface area contributed by atoms with Crippen molar-refractivity contribution in [3.05, 3.63) is 23.8 Å². The Bertz CT molecular complexity index is 576. The topological polar surface area (TPSA) is 71.1 Å². The minimum absolute atomic E-state index is 0.0190. The monoisotopic (exact) mass is 321 g/mol. The molecule has 0 spiro atoms. The zero-order valence-electron chi connectivity index (χ0n) is 13.8. The number of hydrogen-bond donors (Lipinski definition) is 1. The van der Waals surface area contributed by atoms with E-state index in [-0.39, 0.29) is 24.9 Å². The van der Waals surface area contributed by atoms with Crippen molar-refractivity contribution in [3.8, 4) is 11.5 Å². The van der Waals surface area contributed by atoms with Gasteiger partial charge >= 0.3 is 0 Å². The largest absolute Gasteiger partial charge is 0.493 e. The van der Waals surface area contributed by atoms with Gasteiger partial charge in [-0.2, -0.15) is 0 Å². The summed E-state index contributed by atoms with van der Waals surface area (Å²) in [5.74, 6) is 1.24. The number of piperazine rings is 1. The van der Waals surface area contributed by atoms with E-state index in [1.165, 1.54) is 0 Å². The highest BCUT2D eigenvalue weighted by atomic mass is 16.5. The Balaban J connectivity index is 1.94. The normalized spacial score (nSPS) is 15.0. The highest BCUT2D eigenvalue weighted by molar-refractivity contribution is 5.81.